The molecule has 0 atom stereocenters. The van der Waals surface area contributed by atoms with Gasteiger partial charge >= 0.3 is 0 Å². The molecule has 1 N–H and O–H groups in total. The summed E-state index contributed by atoms with van der Waals surface area (Å²) >= 11 is 5.94. The first kappa shape index (κ1) is 19.9. The predicted molar refractivity (Wildman–Crippen MR) is 120 cm³/mol. The van der Waals surface area contributed by atoms with Crippen LogP contribution in [0.2, 0.25) is 5.02 Å². The zero-order valence-corrected chi connectivity index (χ0v) is 17.3. The number of nitrogens with one attached hydrogen (secondary N) is 1. The fourth-order valence-corrected chi connectivity index (χ4v) is 3.76. The van der Waals surface area contributed by atoms with Gasteiger partial charge in [-0.1, -0.05) is 54.1 Å². The van der Waals surface area contributed by atoms with Gasteiger partial charge in [0, 0.05) is 5.56 Å². The van der Waals surface area contributed by atoms with Crippen molar-refractivity contribution in [2.45, 2.75) is 6.54 Å². The SMILES string of the molecule is O=C(Cn1ncn2nc(-c3cccc4ccccc34)cc2c1=O)Nc1ccc(F)cc1Cl. The molecule has 0 spiro atoms. The number of nitrogens with zero attached hydrogens (tertiary/aromatic N) is 4. The quantitative estimate of drug-likeness (QED) is 0.449. The first-order chi connectivity index (χ1) is 15.5. The third kappa shape index (κ3) is 3.61. The molecule has 0 aliphatic heterocycles. The summed E-state index contributed by atoms with van der Waals surface area (Å²) in [7, 11) is 0. The van der Waals surface area contributed by atoms with Gasteiger partial charge in [0.15, 0.2) is 0 Å². The molecule has 0 saturated heterocycles. The van der Waals surface area contributed by atoms with Crippen molar-refractivity contribution in [3.8, 4) is 11.3 Å². The van der Waals surface area contributed by atoms with Crippen LogP contribution in [0.3, 0.4) is 0 Å². The van der Waals surface area contributed by atoms with Gasteiger partial charge in [0.1, 0.15) is 24.2 Å². The lowest BCUT2D eigenvalue weighted by molar-refractivity contribution is -0.117. The molecule has 32 heavy (non-hydrogen) atoms. The average Bonchev–Trinajstić information content (AvgIpc) is 3.22. The molecule has 2 aromatic heterocycles. The molecule has 0 aliphatic carbocycles. The van der Waals surface area contributed by atoms with Crippen molar-refractivity contribution >= 4 is 39.5 Å². The summed E-state index contributed by atoms with van der Waals surface area (Å²) in [5, 5.41) is 13.2. The Morgan fingerprint density at radius 2 is 1.88 bits per heavy atom. The van der Waals surface area contributed by atoms with E-state index in [1.54, 1.807) is 6.07 Å². The number of hydrogen-bond donors (Lipinski definition) is 1. The van der Waals surface area contributed by atoms with Gasteiger partial charge in [-0.25, -0.2) is 13.6 Å². The number of hydrogen-bond acceptors (Lipinski definition) is 4. The number of carbonyl (C=O) groups excluding carboxylic acids is 1. The summed E-state index contributed by atoms with van der Waals surface area (Å²) in [4.78, 5) is 25.3. The van der Waals surface area contributed by atoms with Crippen molar-refractivity contribution in [1.82, 2.24) is 19.4 Å². The molecule has 5 rings (SSSR count). The van der Waals surface area contributed by atoms with Crippen LogP contribution in [0.4, 0.5) is 10.1 Å². The van der Waals surface area contributed by atoms with Crippen molar-refractivity contribution < 1.29 is 9.18 Å². The molecule has 9 heteroatoms. The van der Waals surface area contributed by atoms with Gasteiger partial charge in [0.05, 0.1) is 16.4 Å². The second-order valence-corrected chi connectivity index (χ2v) is 7.56. The lowest BCUT2D eigenvalue weighted by atomic mass is 10.0. The fourth-order valence-electron chi connectivity index (χ4n) is 3.55. The molecule has 0 fully saturated rings. The van der Waals surface area contributed by atoms with Crippen LogP contribution in [-0.4, -0.2) is 25.3 Å². The number of aromatic nitrogens is 4. The highest BCUT2D eigenvalue weighted by Crippen LogP contribution is 2.27. The molecule has 0 bridgehead atoms. The highest BCUT2D eigenvalue weighted by molar-refractivity contribution is 6.33. The number of anilines is 1. The summed E-state index contributed by atoms with van der Waals surface area (Å²) in [5.41, 5.74) is 1.58. The number of fused-ring (bicyclic) bond motifs is 2. The van der Waals surface area contributed by atoms with E-state index in [-0.39, 0.29) is 22.8 Å². The van der Waals surface area contributed by atoms with Crippen molar-refractivity contribution in [3.63, 3.8) is 0 Å². The van der Waals surface area contributed by atoms with E-state index in [9.17, 15) is 14.0 Å². The summed E-state index contributed by atoms with van der Waals surface area (Å²) < 4.78 is 15.6. The maximum absolute atomic E-state index is 13.2. The van der Waals surface area contributed by atoms with Crippen LogP contribution in [-0.2, 0) is 11.3 Å². The molecule has 2 heterocycles. The topological polar surface area (TPSA) is 81.3 Å². The molecular weight excluding hydrogens is 433 g/mol. The fraction of sp³-hybridized carbons (Fsp3) is 0.0435. The predicted octanol–water partition coefficient (Wildman–Crippen LogP) is 4.14. The minimum absolute atomic E-state index is 0.0598. The van der Waals surface area contributed by atoms with Crippen molar-refractivity contribution in [2.75, 3.05) is 5.32 Å². The monoisotopic (exact) mass is 447 g/mol. The molecule has 5 aromatic rings. The van der Waals surface area contributed by atoms with Crippen LogP contribution in [0.25, 0.3) is 27.5 Å². The van der Waals surface area contributed by atoms with E-state index in [1.165, 1.54) is 23.0 Å². The Kier molecular flexibility index (Phi) is 4.91. The Labute approximate surface area is 185 Å². The Morgan fingerprint density at radius 3 is 2.72 bits per heavy atom. The highest BCUT2D eigenvalue weighted by atomic mass is 35.5. The summed E-state index contributed by atoms with van der Waals surface area (Å²) in [6.45, 7) is -0.335. The van der Waals surface area contributed by atoms with Crippen molar-refractivity contribution in [1.29, 1.82) is 0 Å². The highest BCUT2D eigenvalue weighted by Gasteiger charge is 2.14. The molecular formula is C23H15ClFN5O2. The smallest absolute Gasteiger partial charge is 0.293 e. The van der Waals surface area contributed by atoms with Gasteiger partial charge in [-0.3, -0.25) is 9.59 Å². The van der Waals surface area contributed by atoms with Gasteiger partial charge < -0.3 is 5.32 Å². The molecule has 7 nitrogen and oxygen atoms in total. The van der Waals surface area contributed by atoms with Gasteiger partial charge in [-0.05, 0) is 35.0 Å². The lowest BCUT2D eigenvalue weighted by Crippen LogP contribution is -2.30. The van der Waals surface area contributed by atoms with E-state index in [0.29, 0.717) is 5.69 Å². The summed E-state index contributed by atoms with van der Waals surface area (Å²) in [6.07, 6.45) is 1.38. The molecule has 1 amide bonds. The Balaban J connectivity index is 1.47. The van der Waals surface area contributed by atoms with Crippen LogP contribution in [0.15, 0.2) is 77.9 Å². The minimum Gasteiger partial charge on any atom is -0.323 e. The summed E-state index contributed by atoms with van der Waals surface area (Å²) in [6, 6.07) is 19.1. The van der Waals surface area contributed by atoms with Crippen LogP contribution in [0, 0.1) is 5.82 Å². The van der Waals surface area contributed by atoms with E-state index in [1.807, 2.05) is 42.5 Å². The minimum atomic E-state index is -0.522. The van der Waals surface area contributed by atoms with E-state index in [2.05, 4.69) is 15.5 Å². The van der Waals surface area contributed by atoms with Crippen LogP contribution in [0.1, 0.15) is 0 Å². The second kappa shape index (κ2) is 7.90. The molecule has 0 unspecified atom stereocenters. The maximum atomic E-state index is 13.2. The normalized spacial score (nSPS) is 11.2. The van der Waals surface area contributed by atoms with Crippen LogP contribution < -0.4 is 10.9 Å². The van der Waals surface area contributed by atoms with Gasteiger partial charge in [0.2, 0.25) is 5.91 Å². The van der Waals surface area contributed by atoms with E-state index in [0.717, 1.165) is 27.1 Å². The van der Waals surface area contributed by atoms with Crippen LogP contribution in [0.5, 0.6) is 0 Å². The number of carbonyl (C=O) groups is 1. The largest absolute Gasteiger partial charge is 0.323 e. The van der Waals surface area contributed by atoms with E-state index >= 15 is 0 Å². The van der Waals surface area contributed by atoms with Gasteiger partial charge in [-0.15, -0.1) is 0 Å². The number of rotatable bonds is 4. The molecule has 0 saturated carbocycles. The molecule has 0 radical (unpaired) electrons. The molecule has 0 aliphatic rings. The van der Waals surface area contributed by atoms with Crippen molar-refractivity contribution in [2.24, 2.45) is 0 Å². The zero-order chi connectivity index (χ0) is 22.2. The van der Waals surface area contributed by atoms with Gasteiger partial charge in [0.25, 0.3) is 5.56 Å². The first-order valence-electron chi connectivity index (χ1n) is 9.68. The average molecular weight is 448 g/mol. The number of benzene rings is 3. The first-order valence-corrected chi connectivity index (χ1v) is 10.1. The van der Waals surface area contributed by atoms with E-state index in [4.69, 9.17) is 11.6 Å². The molecule has 158 valence electrons. The standard InChI is InChI=1S/C23H15ClFN5O2/c24-18-10-15(25)8-9-19(18)27-22(31)12-29-23(32)21-11-20(28-30(21)13-26-29)17-7-3-5-14-4-1-2-6-16(14)17/h1-11,13H,12H2,(H,27,31). The maximum Gasteiger partial charge on any atom is 0.293 e. The Bertz CT molecular complexity index is 1550. The second-order valence-electron chi connectivity index (χ2n) is 7.15. The van der Waals surface area contributed by atoms with Gasteiger partial charge in [-0.2, -0.15) is 10.2 Å². The number of amides is 1. The Hall–Kier alpha value is -4.04. The molecule has 3 aromatic carbocycles. The van der Waals surface area contributed by atoms with Crippen molar-refractivity contribution in [3.05, 3.63) is 94.3 Å². The zero-order valence-electron chi connectivity index (χ0n) is 16.5. The number of halogens is 2. The lowest BCUT2D eigenvalue weighted by Gasteiger charge is -2.08. The Morgan fingerprint density at radius 1 is 1.06 bits per heavy atom. The third-order valence-electron chi connectivity index (χ3n) is 5.05. The summed E-state index contributed by atoms with van der Waals surface area (Å²) in [5.74, 6) is -1.04. The third-order valence-corrected chi connectivity index (χ3v) is 5.37. The van der Waals surface area contributed by atoms with Crippen LogP contribution >= 0.6 is 11.6 Å². The van der Waals surface area contributed by atoms with E-state index < -0.39 is 17.3 Å².